The van der Waals surface area contributed by atoms with Crippen LogP contribution in [0.4, 0.5) is 0 Å². The van der Waals surface area contributed by atoms with E-state index in [2.05, 4.69) is 106 Å². The van der Waals surface area contributed by atoms with Crippen molar-refractivity contribution < 1.29 is 9.47 Å². The molecule has 0 saturated carbocycles. The lowest BCUT2D eigenvalue weighted by atomic mass is 9.92. The first-order chi connectivity index (χ1) is 18.9. The first-order valence-electron chi connectivity index (χ1n) is 16.5. The topological polar surface area (TPSA) is 18.5 Å². The molecular weight excluding hydrogens is 536 g/mol. The van der Waals surface area contributed by atoms with E-state index < -0.39 is 0 Å². The lowest BCUT2D eigenvalue weighted by Gasteiger charge is -2.23. The maximum absolute atomic E-state index is 5.39. The van der Waals surface area contributed by atoms with Gasteiger partial charge in [-0.3, -0.25) is 0 Å². The molecule has 2 saturated heterocycles. The second kappa shape index (κ2) is 29.1. The standard InChI is InChI=1S/2C8H14.C8H10.2C7H14O.4CH4/c3*1-7-3-5-8(2)6-4-7;2*1-6-3-4-7(2)8-5-6;;;;/h2*3,8H,4-6H2,1-2H3;3-6H,1-2H3;2*6-7H,3-5H2,1-2H3;4*1H4. The van der Waals surface area contributed by atoms with E-state index in [1.165, 1.54) is 75.3 Å². The van der Waals surface area contributed by atoms with Gasteiger partial charge in [-0.2, -0.15) is 0 Å². The van der Waals surface area contributed by atoms with Crippen LogP contribution in [0.3, 0.4) is 0 Å². The normalized spacial score (nSPS) is 27.0. The molecule has 2 nitrogen and oxygen atoms in total. The molecular formula is C42H82O2. The van der Waals surface area contributed by atoms with Gasteiger partial charge in [0.2, 0.25) is 0 Å². The average Bonchev–Trinajstić information content (AvgIpc) is 2.94. The van der Waals surface area contributed by atoms with Crippen molar-refractivity contribution in [1.82, 2.24) is 0 Å². The van der Waals surface area contributed by atoms with Gasteiger partial charge < -0.3 is 9.47 Å². The minimum absolute atomic E-state index is 0. The van der Waals surface area contributed by atoms with Gasteiger partial charge in [0.25, 0.3) is 0 Å². The van der Waals surface area contributed by atoms with Crippen molar-refractivity contribution in [1.29, 1.82) is 0 Å². The van der Waals surface area contributed by atoms with Gasteiger partial charge in [-0.25, -0.2) is 0 Å². The monoisotopic (exact) mass is 619 g/mol. The van der Waals surface area contributed by atoms with Crippen LogP contribution in [0.5, 0.6) is 0 Å². The highest BCUT2D eigenvalue weighted by Gasteiger charge is 2.14. The zero-order valence-electron chi connectivity index (χ0n) is 28.2. The number of hydrogen-bond acceptors (Lipinski definition) is 2. The summed E-state index contributed by atoms with van der Waals surface area (Å²) in [5.41, 5.74) is 5.83. The summed E-state index contributed by atoms with van der Waals surface area (Å²) in [6.45, 7) is 24.0. The number of hydrogen-bond donors (Lipinski definition) is 0. The molecule has 0 aromatic heterocycles. The highest BCUT2D eigenvalue weighted by atomic mass is 16.5. The van der Waals surface area contributed by atoms with Crippen LogP contribution in [-0.2, 0) is 9.47 Å². The van der Waals surface area contributed by atoms with E-state index in [1.807, 2.05) is 0 Å². The Morgan fingerprint density at radius 2 is 0.773 bits per heavy atom. The molecule has 0 N–H and O–H groups in total. The van der Waals surface area contributed by atoms with Crippen LogP contribution in [0.25, 0.3) is 0 Å². The Hall–Kier alpha value is -1.38. The smallest absolute Gasteiger partial charge is 0.0547 e. The minimum Gasteiger partial charge on any atom is -0.378 e. The molecule has 2 heteroatoms. The van der Waals surface area contributed by atoms with E-state index >= 15 is 0 Å². The molecule has 0 spiro atoms. The molecule has 4 aliphatic rings. The van der Waals surface area contributed by atoms with Gasteiger partial charge in [0.15, 0.2) is 0 Å². The molecule has 0 amide bonds. The van der Waals surface area contributed by atoms with E-state index in [0.717, 1.165) is 36.9 Å². The predicted molar refractivity (Wildman–Crippen MR) is 204 cm³/mol. The first kappa shape index (κ1) is 49.5. The van der Waals surface area contributed by atoms with E-state index in [4.69, 9.17) is 9.47 Å². The van der Waals surface area contributed by atoms with E-state index in [1.54, 1.807) is 11.1 Å². The summed E-state index contributed by atoms with van der Waals surface area (Å²) in [5, 5.41) is 0. The van der Waals surface area contributed by atoms with E-state index in [-0.39, 0.29) is 29.7 Å². The molecule has 1 aromatic carbocycles. The number of allylic oxidation sites excluding steroid dienone is 4. The van der Waals surface area contributed by atoms with Crippen LogP contribution in [0.15, 0.2) is 47.6 Å². The highest BCUT2D eigenvalue weighted by molar-refractivity contribution is 5.19. The zero-order valence-corrected chi connectivity index (χ0v) is 28.2. The summed E-state index contributed by atoms with van der Waals surface area (Å²) in [7, 11) is 0. The molecule has 2 aliphatic heterocycles. The summed E-state index contributed by atoms with van der Waals surface area (Å²) in [6, 6.07) is 8.48. The van der Waals surface area contributed by atoms with E-state index in [9.17, 15) is 0 Å². The lowest BCUT2D eigenvalue weighted by Crippen LogP contribution is -2.21. The summed E-state index contributed by atoms with van der Waals surface area (Å²) >= 11 is 0. The van der Waals surface area contributed by atoms with Crippen molar-refractivity contribution in [3.8, 4) is 0 Å². The fourth-order valence-corrected chi connectivity index (χ4v) is 4.86. The molecule has 44 heavy (non-hydrogen) atoms. The molecule has 2 aliphatic carbocycles. The molecule has 6 unspecified atom stereocenters. The van der Waals surface area contributed by atoms with Crippen LogP contribution in [0, 0.1) is 37.5 Å². The Balaban J connectivity index is -0.000000222. The van der Waals surface area contributed by atoms with Crippen LogP contribution in [-0.4, -0.2) is 25.4 Å². The second-order valence-electron chi connectivity index (χ2n) is 13.7. The number of benzene rings is 1. The molecule has 2 fully saturated rings. The molecule has 0 bridgehead atoms. The summed E-state index contributed by atoms with van der Waals surface area (Å²) in [4.78, 5) is 0. The lowest BCUT2D eigenvalue weighted by molar-refractivity contribution is 0.000174. The third-order valence-electron chi connectivity index (χ3n) is 8.48. The highest BCUT2D eigenvalue weighted by Crippen LogP contribution is 2.22. The van der Waals surface area contributed by atoms with Crippen LogP contribution >= 0.6 is 0 Å². The summed E-state index contributed by atoms with van der Waals surface area (Å²) in [5.74, 6) is 3.48. The van der Waals surface area contributed by atoms with Gasteiger partial charge in [-0.05, 0) is 129 Å². The Morgan fingerprint density at radius 1 is 0.455 bits per heavy atom. The number of rotatable bonds is 0. The van der Waals surface area contributed by atoms with Crippen LogP contribution in [0.2, 0.25) is 0 Å². The Bertz CT molecular complexity index is 716. The van der Waals surface area contributed by atoms with Gasteiger partial charge >= 0.3 is 0 Å². The quantitative estimate of drug-likeness (QED) is 0.269. The van der Waals surface area contributed by atoms with E-state index in [0.29, 0.717) is 12.2 Å². The molecule has 6 atom stereocenters. The van der Waals surface area contributed by atoms with Crippen molar-refractivity contribution in [3.63, 3.8) is 0 Å². The molecule has 262 valence electrons. The molecule has 0 radical (unpaired) electrons. The Morgan fingerprint density at radius 3 is 0.955 bits per heavy atom. The van der Waals surface area contributed by atoms with Crippen molar-refractivity contribution in [2.24, 2.45) is 23.7 Å². The van der Waals surface area contributed by atoms with Crippen LogP contribution < -0.4 is 0 Å². The Kier molecular flexibility index (Phi) is 32.7. The molecule has 1 aromatic rings. The maximum atomic E-state index is 5.39. The SMILES string of the molecule is C.C.C.C.CC1=CCC(C)CC1.CC1=CCC(C)CC1.CC1CCC(C)OC1.CC1CCC(C)OC1.Cc1ccc(C)cc1. The van der Waals surface area contributed by atoms with Crippen molar-refractivity contribution in [3.05, 3.63) is 58.7 Å². The average molecular weight is 619 g/mol. The van der Waals surface area contributed by atoms with Gasteiger partial charge in [-0.15, -0.1) is 0 Å². The number of aryl methyl sites for hydroxylation is 2. The van der Waals surface area contributed by atoms with Crippen molar-refractivity contribution in [2.75, 3.05) is 13.2 Å². The van der Waals surface area contributed by atoms with Gasteiger partial charge in [-0.1, -0.05) is 116 Å². The third kappa shape index (κ3) is 27.0. The first-order valence-corrected chi connectivity index (χ1v) is 16.5. The fraction of sp³-hybridized carbons (Fsp3) is 0.762. The van der Waals surface area contributed by atoms with Gasteiger partial charge in [0.05, 0.1) is 12.2 Å². The summed E-state index contributed by atoms with van der Waals surface area (Å²) in [6.07, 6.45) is 19.1. The molecule has 2 heterocycles. The van der Waals surface area contributed by atoms with Gasteiger partial charge in [0.1, 0.15) is 0 Å². The largest absolute Gasteiger partial charge is 0.378 e. The van der Waals surface area contributed by atoms with Crippen molar-refractivity contribution >= 4 is 0 Å². The van der Waals surface area contributed by atoms with Crippen LogP contribution in [0.1, 0.15) is 160 Å². The second-order valence-corrected chi connectivity index (χ2v) is 13.7. The Labute approximate surface area is 279 Å². The number of ether oxygens (including phenoxy) is 2. The molecule has 5 rings (SSSR count). The predicted octanol–water partition coefficient (Wildman–Crippen LogP) is 14.0. The van der Waals surface area contributed by atoms with Crippen molar-refractivity contribution in [2.45, 2.75) is 175 Å². The van der Waals surface area contributed by atoms with Gasteiger partial charge in [0, 0.05) is 13.2 Å². The third-order valence-corrected chi connectivity index (χ3v) is 8.48. The zero-order chi connectivity index (χ0) is 29.9. The maximum Gasteiger partial charge on any atom is 0.0547 e. The minimum atomic E-state index is 0. The summed E-state index contributed by atoms with van der Waals surface area (Å²) < 4.78 is 10.8. The fourth-order valence-electron chi connectivity index (χ4n) is 4.86.